The molecule has 1 atom stereocenters. The summed E-state index contributed by atoms with van der Waals surface area (Å²) in [6.07, 6.45) is 8.54. The Hall–Kier alpha value is -4.46. The highest BCUT2D eigenvalue weighted by atomic mass is 16.5. The smallest absolute Gasteiger partial charge is 0.252 e. The predicted octanol–water partition coefficient (Wildman–Crippen LogP) is 4.51. The van der Waals surface area contributed by atoms with Gasteiger partial charge in [0.25, 0.3) is 5.91 Å². The van der Waals surface area contributed by atoms with Gasteiger partial charge in [-0.05, 0) is 66.3 Å². The summed E-state index contributed by atoms with van der Waals surface area (Å²) in [5.74, 6) is -0.0770. The molecule has 3 heterocycles. The number of carbonyl (C=O) groups excluding carboxylic acids is 2. The summed E-state index contributed by atoms with van der Waals surface area (Å²) in [6, 6.07) is 13.6. The number of oxazole rings is 1. The van der Waals surface area contributed by atoms with Crippen LogP contribution in [0.1, 0.15) is 61.9 Å². The number of amides is 2. The molecule has 0 saturated carbocycles. The summed E-state index contributed by atoms with van der Waals surface area (Å²) in [7, 11) is 0. The molecule has 0 bridgehead atoms. The second kappa shape index (κ2) is 11.5. The van der Waals surface area contributed by atoms with Gasteiger partial charge in [0.1, 0.15) is 12.0 Å². The van der Waals surface area contributed by atoms with E-state index in [2.05, 4.69) is 42.0 Å². The maximum absolute atomic E-state index is 13.6. The average Bonchev–Trinajstić information content (AvgIpc) is 3.45. The summed E-state index contributed by atoms with van der Waals surface area (Å²) in [4.78, 5) is 36.3. The number of aromatic nitrogens is 2. The van der Waals surface area contributed by atoms with Crippen molar-refractivity contribution < 1.29 is 18.7 Å². The van der Waals surface area contributed by atoms with Crippen molar-refractivity contribution in [2.45, 2.75) is 45.6 Å². The normalized spacial score (nSPS) is 14.6. The number of primary amides is 1. The van der Waals surface area contributed by atoms with Gasteiger partial charge in [-0.25, -0.2) is 4.98 Å². The fourth-order valence-electron chi connectivity index (χ4n) is 5.26. The number of benzene rings is 2. The Labute approximate surface area is 227 Å². The minimum absolute atomic E-state index is 0.0339. The summed E-state index contributed by atoms with van der Waals surface area (Å²) in [5.41, 5.74) is 13.1. The van der Waals surface area contributed by atoms with Crippen LogP contribution in [0.4, 0.5) is 0 Å². The van der Waals surface area contributed by atoms with Crippen LogP contribution in [0.25, 0.3) is 0 Å². The number of fused-ring (bicyclic) bond motifs is 1. The molecule has 0 fully saturated rings. The number of nitrogens with two attached hydrogens (primary N) is 1. The average molecular weight is 525 g/mol. The van der Waals surface area contributed by atoms with E-state index in [1.165, 1.54) is 6.39 Å². The lowest BCUT2D eigenvalue weighted by molar-refractivity contribution is -0.133. The number of hydrogen-bond acceptors (Lipinski definition) is 6. The van der Waals surface area contributed by atoms with Gasteiger partial charge in [-0.1, -0.05) is 29.8 Å². The van der Waals surface area contributed by atoms with Gasteiger partial charge in [0.2, 0.25) is 5.91 Å². The van der Waals surface area contributed by atoms with Crippen molar-refractivity contribution in [3.05, 3.63) is 112 Å². The van der Waals surface area contributed by atoms with E-state index >= 15 is 0 Å². The number of rotatable bonds is 9. The molecule has 2 amide bonds. The Morgan fingerprint density at radius 3 is 2.72 bits per heavy atom. The maximum Gasteiger partial charge on any atom is 0.252 e. The molecular weight excluding hydrogens is 492 g/mol. The van der Waals surface area contributed by atoms with Crippen molar-refractivity contribution in [2.75, 3.05) is 13.2 Å². The van der Waals surface area contributed by atoms with Gasteiger partial charge in [0.05, 0.1) is 23.9 Å². The number of pyridine rings is 1. The lowest BCUT2D eigenvalue weighted by atomic mass is 9.84. The molecule has 0 aliphatic carbocycles. The van der Waals surface area contributed by atoms with Crippen LogP contribution in [0.5, 0.6) is 5.75 Å². The van der Waals surface area contributed by atoms with Gasteiger partial charge in [0, 0.05) is 38.2 Å². The SMILES string of the molecule is Cc1ccc(C2c3cc(OCCc4cccnc4)c(C(N)=O)cc3CCN2C(=O)CCc2cocn2)c(C)c1. The van der Waals surface area contributed by atoms with E-state index in [-0.39, 0.29) is 11.9 Å². The van der Waals surface area contributed by atoms with E-state index in [1.54, 1.807) is 18.7 Å². The Balaban J connectivity index is 1.50. The standard InChI is InChI=1S/C31H32N4O4/c1-20-5-7-25(21(2)14-20)30-26-16-28(39-13-10-22-4-3-11-33-17-22)27(31(32)37)15-23(26)9-12-35(30)29(36)8-6-24-18-38-19-34-24/h3-5,7,11,14-19,30H,6,8-10,12-13H2,1-2H3,(H2,32,37). The van der Waals surface area contributed by atoms with Crippen LogP contribution < -0.4 is 10.5 Å². The molecule has 8 heteroatoms. The highest BCUT2D eigenvalue weighted by molar-refractivity contribution is 5.96. The van der Waals surface area contributed by atoms with Crippen molar-refractivity contribution >= 4 is 11.8 Å². The summed E-state index contributed by atoms with van der Waals surface area (Å²) >= 11 is 0. The van der Waals surface area contributed by atoms with E-state index < -0.39 is 5.91 Å². The van der Waals surface area contributed by atoms with Gasteiger partial charge in [-0.2, -0.15) is 0 Å². The molecule has 0 radical (unpaired) electrons. The first-order valence-corrected chi connectivity index (χ1v) is 13.1. The minimum Gasteiger partial charge on any atom is -0.492 e. The molecule has 8 nitrogen and oxygen atoms in total. The first-order chi connectivity index (χ1) is 18.9. The molecule has 39 heavy (non-hydrogen) atoms. The van der Waals surface area contributed by atoms with E-state index in [4.69, 9.17) is 14.9 Å². The van der Waals surface area contributed by atoms with Crippen LogP contribution in [0.15, 0.2) is 71.9 Å². The fourth-order valence-corrected chi connectivity index (χ4v) is 5.26. The van der Waals surface area contributed by atoms with Crippen LogP contribution in [0, 0.1) is 13.8 Å². The Morgan fingerprint density at radius 1 is 1.13 bits per heavy atom. The van der Waals surface area contributed by atoms with Crippen LogP contribution >= 0.6 is 0 Å². The van der Waals surface area contributed by atoms with Gasteiger partial charge in [0.15, 0.2) is 6.39 Å². The van der Waals surface area contributed by atoms with E-state index in [9.17, 15) is 9.59 Å². The van der Waals surface area contributed by atoms with Gasteiger partial charge >= 0.3 is 0 Å². The second-order valence-corrected chi connectivity index (χ2v) is 9.95. The third-order valence-corrected chi connectivity index (χ3v) is 7.22. The van der Waals surface area contributed by atoms with Crippen LogP contribution in [0.2, 0.25) is 0 Å². The van der Waals surface area contributed by atoms with E-state index in [1.807, 2.05) is 29.2 Å². The topological polar surface area (TPSA) is 112 Å². The molecule has 1 unspecified atom stereocenters. The molecule has 2 aromatic carbocycles. The zero-order valence-electron chi connectivity index (χ0n) is 22.2. The highest BCUT2D eigenvalue weighted by Crippen LogP contribution is 2.40. The number of hydrogen-bond donors (Lipinski definition) is 1. The zero-order chi connectivity index (χ0) is 27.4. The number of carbonyl (C=O) groups is 2. The molecule has 4 aromatic rings. The van der Waals surface area contributed by atoms with Gasteiger partial charge in [-0.3, -0.25) is 14.6 Å². The number of ether oxygens (including phenoxy) is 1. The Kier molecular flexibility index (Phi) is 7.72. The van der Waals surface area contributed by atoms with Gasteiger partial charge in [-0.15, -0.1) is 0 Å². The quantitative estimate of drug-likeness (QED) is 0.345. The molecule has 0 saturated heterocycles. The van der Waals surface area contributed by atoms with E-state index in [0.717, 1.165) is 39.1 Å². The van der Waals surface area contributed by atoms with Crippen molar-refractivity contribution in [1.82, 2.24) is 14.9 Å². The Morgan fingerprint density at radius 2 is 2.00 bits per heavy atom. The largest absolute Gasteiger partial charge is 0.492 e. The lowest BCUT2D eigenvalue weighted by Gasteiger charge is -2.39. The first kappa shape index (κ1) is 26.2. The summed E-state index contributed by atoms with van der Waals surface area (Å²) in [6.45, 7) is 5.01. The van der Waals surface area contributed by atoms with Crippen molar-refractivity contribution in [2.24, 2.45) is 5.73 Å². The van der Waals surface area contributed by atoms with Crippen LogP contribution in [-0.2, 0) is 24.1 Å². The lowest BCUT2D eigenvalue weighted by Crippen LogP contribution is -2.41. The second-order valence-electron chi connectivity index (χ2n) is 9.95. The van der Waals surface area contributed by atoms with Crippen molar-refractivity contribution in [3.8, 4) is 5.75 Å². The Bertz CT molecular complexity index is 1470. The third-order valence-electron chi connectivity index (χ3n) is 7.22. The number of nitrogens with zero attached hydrogens (tertiary/aromatic N) is 3. The summed E-state index contributed by atoms with van der Waals surface area (Å²) in [5, 5.41) is 0. The van der Waals surface area contributed by atoms with Crippen LogP contribution in [0.3, 0.4) is 0 Å². The molecule has 2 N–H and O–H groups in total. The monoisotopic (exact) mass is 524 g/mol. The first-order valence-electron chi connectivity index (χ1n) is 13.1. The van der Waals surface area contributed by atoms with Crippen molar-refractivity contribution in [1.29, 1.82) is 0 Å². The molecule has 200 valence electrons. The zero-order valence-corrected chi connectivity index (χ0v) is 22.2. The predicted molar refractivity (Wildman–Crippen MR) is 146 cm³/mol. The molecule has 5 rings (SSSR count). The molecule has 0 spiro atoms. The van der Waals surface area contributed by atoms with E-state index in [0.29, 0.717) is 50.1 Å². The highest BCUT2D eigenvalue weighted by Gasteiger charge is 2.34. The fraction of sp³-hybridized carbons (Fsp3) is 0.290. The third kappa shape index (κ3) is 5.85. The molecule has 1 aliphatic rings. The maximum atomic E-state index is 13.6. The molecule has 2 aromatic heterocycles. The minimum atomic E-state index is -0.539. The molecular formula is C31H32N4O4. The van der Waals surface area contributed by atoms with Crippen LogP contribution in [-0.4, -0.2) is 39.8 Å². The van der Waals surface area contributed by atoms with Crippen molar-refractivity contribution in [3.63, 3.8) is 0 Å². The van der Waals surface area contributed by atoms with Gasteiger partial charge < -0.3 is 19.8 Å². The number of aryl methyl sites for hydroxylation is 3. The molecule has 1 aliphatic heterocycles. The summed E-state index contributed by atoms with van der Waals surface area (Å²) < 4.78 is 11.2.